The standard InChI is InChI=1S/C34H34Cl2F3N5O10/c1-15(45)42-12-26(27(13-42)52-17(3)47)44(22-9-20(35)8-21(36)10-22)34(49)33-32(50-5)30(31(53-18(4)48)28(54-33)14-51-16(2)46)43-11-25(40-41-43)19-6-23(37)29(39)24(38)7-19/h6-11,26-28,30-33H,12-14H2,1-5H3/t26-,27-,28+,30-,31-,32+,33+/m0/s1. The van der Waals surface area contributed by atoms with Gasteiger partial charge in [-0.15, -0.1) is 5.10 Å². The van der Waals surface area contributed by atoms with Gasteiger partial charge in [0, 0.05) is 62.6 Å². The van der Waals surface area contributed by atoms with Crippen molar-refractivity contribution in [2.45, 2.75) is 70.3 Å². The SMILES string of the molecule is CO[C@@H]1[C@@H](n2cc(-c3cc(F)c(F)c(F)c3)nn2)[C@@H](OC(C)=O)[C@@H](COC(C)=O)O[C@H]1C(=O)N(c1cc(Cl)cc(Cl)c1)[C@H]1CN(C(C)=O)C[C@@H]1OC(C)=O. The Labute approximate surface area is 316 Å². The molecule has 2 aliphatic heterocycles. The van der Waals surface area contributed by atoms with E-state index in [0.717, 1.165) is 18.5 Å². The molecule has 0 radical (unpaired) electrons. The molecule has 0 spiro atoms. The number of hydrogen-bond donors (Lipinski definition) is 0. The quantitative estimate of drug-likeness (QED) is 0.166. The van der Waals surface area contributed by atoms with Crippen molar-refractivity contribution < 1.29 is 60.8 Å². The third-order valence-corrected chi connectivity index (χ3v) is 9.15. The molecule has 2 aromatic carbocycles. The van der Waals surface area contributed by atoms with Crippen LogP contribution in [0.2, 0.25) is 10.0 Å². The number of halogens is 5. The van der Waals surface area contributed by atoms with Gasteiger partial charge < -0.3 is 33.5 Å². The second-order valence-corrected chi connectivity index (χ2v) is 13.3. The Morgan fingerprint density at radius 2 is 1.52 bits per heavy atom. The van der Waals surface area contributed by atoms with Crippen LogP contribution in [0.4, 0.5) is 18.9 Å². The minimum absolute atomic E-state index is 0.0740. The molecule has 0 N–H and O–H groups in total. The highest BCUT2D eigenvalue weighted by Crippen LogP contribution is 2.38. The molecule has 0 bridgehead atoms. The summed E-state index contributed by atoms with van der Waals surface area (Å²) in [6.45, 7) is 3.95. The zero-order valence-corrected chi connectivity index (χ0v) is 30.8. The molecule has 0 aliphatic carbocycles. The minimum Gasteiger partial charge on any atom is -0.463 e. The molecule has 1 aromatic heterocycles. The molecule has 0 unspecified atom stereocenters. The molecule has 15 nitrogen and oxygen atoms in total. The predicted molar refractivity (Wildman–Crippen MR) is 182 cm³/mol. The molecule has 2 amide bonds. The summed E-state index contributed by atoms with van der Waals surface area (Å²) in [5, 5.41) is 8.31. The lowest BCUT2D eigenvalue weighted by Gasteiger charge is -2.46. The van der Waals surface area contributed by atoms with Gasteiger partial charge in [0.1, 0.15) is 36.7 Å². The van der Waals surface area contributed by atoms with Crippen LogP contribution in [0.3, 0.4) is 0 Å². The van der Waals surface area contributed by atoms with Gasteiger partial charge in [-0.1, -0.05) is 28.4 Å². The topological polar surface area (TPSA) is 169 Å². The van der Waals surface area contributed by atoms with Crippen LogP contribution in [-0.4, -0.2) is 113 Å². The van der Waals surface area contributed by atoms with Crippen molar-refractivity contribution in [3.63, 3.8) is 0 Å². The van der Waals surface area contributed by atoms with Crippen LogP contribution in [0.1, 0.15) is 33.7 Å². The lowest BCUT2D eigenvalue weighted by molar-refractivity contribution is -0.223. The highest BCUT2D eigenvalue weighted by molar-refractivity contribution is 6.35. The summed E-state index contributed by atoms with van der Waals surface area (Å²) in [6, 6.07) is 3.27. The lowest BCUT2D eigenvalue weighted by Crippen LogP contribution is -2.64. The molecule has 54 heavy (non-hydrogen) atoms. The Kier molecular flexibility index (Phi) is 12.5. The lowest BCUT2D eigenvalue weighted by atomic mass is 9.90. The van der Waals surface area contributed by atoms with Gasteiger partial charge in [-0.25, -0.2) is 17.9 Å². The van der Waals surface area contributed by atoms with Crippen molar-refractivity contribution in [3.05, 3.63) is 64.0 Å². The van der Waals surface area contributed by atoms with E-state index in [-0.39, 0.29) is 46.0 Å². The van der Waals surface area contributed by atoms with Crippen LogP contribution in [0, 0.1) is 17.5 Å². The van der Waals surface area contributed by atoms with E-state index >= 15 is 4.79 Å². The molecule has 20 heteroatoms. The number of nitrogens with zero attached hydrogens (tertiary/aromatic N) is 5. The highest BCUT2D eigenvalue weighted by Gasteiger charge is 2.55. The minimum atomic E-state index is -1.70. The first-order valence-corrected chi connectivity index (χ1v) is 17.0. The molecule has 2 saturated heterocycles. The van der Waals surface area contributed by atoms with Crippen LogP contribution >= 0.6 is 23.2 Å². The van der Waals surface area contributed by atoms with Crippen molar-refractivity contribution in [3.8, 4) is 11.3 Å². The predicted octanol–water partition coefficient (Wildman–Crippen LogP) is 3.68. The Morgan fingerprint density at radius 3 is 2.07 bits per heavy atom. The van der Waals surface area contributed by atoms with Crippen molar-refractivity contribution >= 4 is 58.6 Å². The van der Waals surface area contributed by atoms with Crippen molar-refractivity contribution in [2.75, 3.05) is 31.7 Å². The molecular weight excluding hydrogens is 766 g/mol. The number of benzene rings is 2. The normalized spacial score (nSPS) is 23.8. The maximum absolute atomic E-state index is 15.1. The second-order valence-electron chi connectivity index (χ2n) is 12.5. The molecule has 3 aromatic rings. The Balaban J connectivity index is 1.67. The first-order chi connectivity index (χ1) is 25.5. The van der Waals surface area contributed by atoms with Crippen LogP contribution in [-0.2, 0) is 47.7 Å². The van der Waals surface area contributed by atoms with Crippen molar-refractivity contribution in [1.29, 1.82) is 0 Å². The number of carbonyl (C=O) groups is 5. The molecular formula is C34H34Cl2F3N5O10. The summed E-state index contributed by atoms with van der Waals surface area (Å²) in [6.07, 6.45) is -5.75. The van der Waals surface area contributed by atoms with Gasteiger partial charge in [0.25, 0.3) is 5.91 Å². The van der Waals surface area contributed by atoms with E-state index in [4.69, 9.17) is 46.9 Å². The Morgan fingerprint density at radius 1 is 0.889 bits per heavy atom. The maximum Gasteiger partial charge on any atom is 0.303 e. The fourth-order valence-corrected chi connectivity index (χ4v) is 7.02. The fourth-order valence-electron chi connectivity index (χ4n) is 6.51. The first kappa shape index (κ1) is 40.4. The van der Waals surface area contributed by atoms with Gasteiger partial charge >= 0.3 is 17.9 Å². The Bertz CT molecular complexity index is 1910. The van der Waals surface area contributed by atoms with E-state index in [1.165, 1.54) is 55.2 Å². The van der Waals surface area contributed by atoms with Crippen LogP contribution in [0.15, 0.2) is 36.5 Å². The molecule has 3 heterocycles. The maximum atomic E-state index is 15.1. The van der Waals surface area contributed by atoms with Gasteiger partial charge in [0.15, 0.2) is 29.7 Å². The van der Waals surface area contributed by atoms with E-state index in [1.807, 2.05) is 0 Å². The number of anilines is 1. The summed E-state index contributed by atoms with van der Waals surface area (Å²) in [5.74, 6) is -8.16. The zero-order valence-electron chi connectivity index (χ0n) is 29.3. The van der Waals surface area contributed by atoms with Gasteiger partial charge in [-0.3, -0.25) is 24.0 Å². The number of aromatic nitrogens is 3. The number of methoxy groups -OCH3 is 1. The van der Waals surface area contributed by atoms with Crippen LogP contribution in [0.5, 0.6) is 0 Å². The van der Waals surface area contributed by atoms with Crippen molar-refractivity contribution in [1.82, 2.24) is 19.9 Å². The molecule has 2 fully saturated rings. The van der Waals surface area contributed by atoms with Gasteiger partial charge in [-0.2, -0.15) is 0 Å². The molecule has 290 valence electrons. The van der Waals surface area contributed by atoms with Gasteiger partial charge in [-0.05, 0) is 30.3 Å². The van der Waals surface area contributed by atoms with E-state index in [9.17, 15) is 32.3 Å². The smallest absolute Gasteiger partial charge is 0.303 e. The van der Waals surface area contributed by atoms with Gasteiger partial charge in [0.05, 0.1) is 18.8 Å². The van der Waals surface area contributed by atoms with Crippen LogP contribution in [0.25, 0.3) is 11.3 Å². The van der Waals surface area contributed by atoms with E-state index in [0.29, 0.717) is 12.1 Å². The summed E-state index contributed by atoms with van der Waals surface area (Å²) in [4.78, 5) is 67.0. The fraction of sp³-hybridized carbons (Fsp3) is 0.441. The largest absolute Gasteiger partial charge is 0.463 e. The molecule has 5 rings (SSSR count). The number of amides is 2. The third kappa shape index (κ3) is 8.77. The number of likely N-dealkylation sites (tertiary alicyclic amines) is 1. The van der Waals surface area contributed by atoms with Gasteiger partial charge in [0.2, 0.25) is 5.91 Å². The molecule has 2 aliphatic rings. The number of hydrogen-bond acceptors (Lipinski definition) is 12. The third-order valence-electron chi connectivity index (χ3n) is 8.72. The van der Waals surface area contributed by atoms with Crippen LogP contribution < -0.4 is 4.90 Å². The summed E-state index contributed by atoms with van der Waals surface area (Å²) in [5.41, 5.74) is -0.240. The number of esters is 3. The average Bonchev–Trinajstić information content (AvgIpc) is 3.73. The average molecular weight is 801 g/mol. The molecule has 7 atom stereocenters. The summed E-state index contributed by atoms with van der Waals surface area (Å²) >= 11 is 12.8. The zero-order chi connectivity index (χ0) is 39.6. The highest BCUT2D eigenvalue weighted by atomic mass is 35.5. The van der Waals surface area contributed by atoms with E-state index < -0.39 is 90.5 Å². The molecule has 0 saturated carbocycles. The first-order valence-electron chi connectivity index (χ1n) is 16.3. The number of carbonyl (C=O) groups excluding carboxylic acids is 5. The number of rotatable bonds is 10. The monoisotopic (exact) mass is 799 g/mol. The summed E-state index contributed by atoms with van der Waals surface area (Å²) in [7, 11) is 1.22. The number of ether oxygens (including phenoxy) is 5. The Hall–Kier alpha value is -4.78. The van der Waals surface area contributed by atoms with E-state index in [1.54, 1.807) is 0 Å². The second kappa shape index (κ2) is 16.7. The van der Waals surface area contributed by atoms with Crippen molar-refractivity contribution in [2.24, 2.45) is 0 Å². The summed E-state index contributed by atoms with van der Waals surface area (Å²) < 4.78 is 71.9. The van der Waals surface area contributed by atoms with E-state index in [2.05, 4.69) is 10.3 Å².